The van der Waals surface area contributed by atoms with Crippen LogP contribution in [0.3, 0.4) is 0 Å². The lowest BCUT2D eigenvalue weighted by Gasteiger charge is -2.36. The molecule has 4 nitrogen and oxygen atoms in total. The van der Waals surface area contributed by atoms with Crippen LogP contribution in [0.4, 0.5) is 0 Å². The summed E-state index contributed by atoms with van der Waals surface area (Å²) in [4.78, 5) is 11.2. The Balaban J connectivity index is 3.12. The van der Waals surface area contributed by atoms with Crippen LogP contribution in [0, 0.1) is 0 Å². The van der Waals surface area contributed by atoms with Gasteiger partial charge in [0.25, 0.3) is 8.32 Å². The van der Waals surface area contributed by atoms with Crippen LogP contribution >= 0.6 is 0 Å². The van der Waals surface area contributed by atoms with Gasteiger partial charge in [-0.05, 0) is 36.3 Å². The number of carbonyl (C=O) groups excluding carboxylic acids is 1. The highest BCUT2D eigenvalue weighted by molar-refractivity contribution is 6.74. The Labute approximate surface area is 116 Å². The first-order valence-corrected chi connectivity index (χ1v) is 9.16. The molecule has 0 atom stereocenters. The molecule has 5 heteroatoms. The minimum atomic E-state index is -1.93. The van der Waals surface area contributed by atoms with Crippen LogP contribution in [0.1, 0.15) is 31.1 Å². The van der Waals surface area contributed by atoms with Crippen LogP contribution in [0.2, 0.25) is 18.1 Å². The van der Waals surface area contributed by atoms with E-state index >= 15 is 0 Å². The number of carbonyl (C=O) groups is 1. The number of hydrogen-bond acceptors (Lipinski definition) is 3. The smallest absolute Gasteiger partial charge is 0.250 e. The maximum Gasteiger partial charge on any atom is 0.250 e. The van der Waals surface area contributed by atoms with Crippen molar-refractivity contribution in [2.75, 3.05) is 7.11 Å². The maximum absolute atomic E-state index is 11.2. The average molecular weight is 281 g/mol. The molecule has 0 spiro atoms. The first-order chi connectivity index (χ1) is 8.58. The maximum atomic E-state index is 11.2. The Bertz CT molecular complexity index is 478. The summed E-state index contributed by atoms with van der Waals surface area (Å²) in [5.74, 6) is 0.734. The van der Waals surface area contributed by atoms with Crippen molar-refractivity contribution in [3.8, 4) is 11.5 Å². The molecule has 0 heterocycles. The molecule has 1 rings (SSSR count). The summed E-state index contributed by atoms with van der Waals surface area (Å²) in [6.07, 6.45) is 0. The van der Waals surface area contributed by atoms with Gasteiger partial charge in [-0.2, -0.15) is 0 Å². The molecule has 0 aliphatic rings. The lowest BCUT2D eigenvalue weighted by Crippen LogP contribution is -2.43. The quantitative estimate of drug-likeness (QED) is 0.862. The lowest BCUT2D eigenvalue weighted by atomic mass is 10.2. The summed E-state index contributed by atoms with van der Waals surface area (Å²) in [6, 6.07) is 5.03. The predicted octanol–water partition coefficient (Wildman–Crippen LogP) is 3.18. The van der Waals surface area contributed by atoms with Gasteiger partial charge in [0, 0.05) is 5.56 Å². The summed E-state index contributed by atoms with van der Waals surface area (Å²) < 4.78 is 11.5. The molecule has 0 fully saturated rings. The fraction of sp³-hybridized carbons (Fsp3) is 0.500. The van der Waals surface area contributed by atoms with Gasteiger partial charge < -0.3 is 14.9 Å². The summed E-state index contributed by atoms with van der Waals surface area (Å²) in [5.41, 5.74) is 5.67. The molecule has 0 aliphatic carbocycles. The molecule has 0 bridgehead atoms. The molecule has 0 radical (unpaired) electrons. The van der Waals surface area contributed by atoms with Crippen LogP contribution in [-0.2, 0) is 0 Å². The van der Waals surface area contributed by atoms with E-state index in [0.717, 1.165) is 0 Å². The first kappa shape index (κ1) is 15.6. The van der Waals surface area contributed by atoms with Crippen molar-refractivity contribution in [1.82, 2.24) is 0 Å². The van der Waals surface area contributed by atoms with E-state index in [-0.39, 0.29) is 5.04 Å². The number of hydrogen-bond donors (Lipinski definition) is 1. The van der Waals surface area contributed by atoms with Crippen molar-refractivity contribution >= 4 is 14.2 Å². The Morgan fingerprint density at radius 1 is 1.21 bits per heavy atom. The summed E-state index contributed by atoms with van der Waals surface area (Å²) in [7, 11) is -0.380. The molecule has 0 unspecified atom stereocenters. The zero-order valence-corrected chi connectivity index (χ0v) is 13.5. The van der Waals surface area contributed by atoms with E-state index in [0.29, 0.717) is 17.1 Å². The van der Waals surface area contributed by atoms with Gasteiger partial charge in [-0.3, -0.25) is 4.79 Å². The Kier molecular flexibility index (Phi) is 4.30. The lowest BCUT2D eigenvalue weighted by molar-refractivity contribution is 0.1000. The molecule has 0 saturated carbocycles. The topological polar surface area (TPSA) is 61.5 Å². The van der Waals surface area contributed by atoms with E-state index in [1.807, 2.05) is 0 Å². The third-order valence-electron chi connectivity index (χ3n) is 3.62. The van der Waals surface area contributed by atoms with Crippen LogP contribution < -0.4 is 14.9 Å². The number of methoxy groups -OCH3 is 1. The summed E-state index contributed by atoms with van der Waals surface area (Å²) in [5, 5.41) is 0.0976. The zero-order valence-electron chi connectivity index (χ0n) is 12.5. The van der Waals surface area contributed by atoms with Crippen LogP contribution in [0.15, 0.2) is 18.2 Å². The second-order valence-corrected chi connectivity index (χ2v) is 10.8. The highest BCUT2D eigenvalue weighted by atomic mass is 28.4. The van der Waals surface area contributed by atoms with E-state index < -0.39 is 14.2 Å². The van der Waals surface area contributed by atoms with Crippen LogP contribution in [-0.4, -0.2) is 21.3 Å². The number of primary amides is 1. The molecule has 1 aromatic carbocycles. The Morgan fingerprint density at radius 3 is 2.21 bits per heavy atom. The van der Waals surface area contributed by atoms with Crippen LogP contribution in [0.5, 0.6) is 11.5 Å². The van der Waals surface area contributed by atoms with Crippen molar-refractivity contribution in [3.05, 3.63) is 23.8 Å². The van der Waals surface area contributed by atoms with E-state index in [2.05, 4.69) is 33.9 Å². The third kappa shape index (κ3) is 3.50. The summed E-state index contributed by atoms with van der Waals surface area (Å²) in [6.45, 7) is 10.8. The van der Waals surface area contributed by atoms with Gasteiger partial charge >= 0.3 is 0 Å². The van der Waals surface area contributed by atoms with Crippen molar-refractivity contribution in [1.29, 1.82) is 0 Å². The zero-order chi connectivity index (χ0) is 14.8. The van der Waals surface area contributed by atoms with Gasteiger partial charge in [-0.25, -0.2) is 0 Å². The number of nitrogens with two attached hydrogens (primary N) is 1. The van der Waals surface area contributed by atoms with Gasteiger partial charge in [-0.15, -0.1) is 0 Å². The normalized spacial score (nSPS) is 12.1. The molecule has 106 valence electrons. The Hall–Kier alpha value is -1.49. The number of benzene rings is 1. The van der Waals surface area contributed by atoms with Crippen molar-refractivity contribution in [3.63, 3.8) is 0 Å². The third-order valence-corrected chi connectivity index (χ3v) is 7.96. The summed E-state index contributed by atoms with van der Waals surface area (Å²) >= 11 is 0. The van der Waals surface area contributed by atoms with Gasteiger partial charge in [0.2, 0.25) is 5.91 Å². The second-order valence-electron chi connectivity index (χ2n) is 6.09. The molecule has 1 amide bonds. The standard InChI is InChI=1S/C14H23NO3Si/c1-14(2,3)19(5,6)18-11-8-7-10(13(15)16)9-12(11)17-4/h7-9H,1-6H3,(H2,15,16). The molecule has 2 N–H and O–H groups in total. The van der Waals surface area contributed by atoms with Gasteiger partial charge in [0.1, 0.15) is 5.75 Å². The van der Waals surface area contributed by atoms with E-state index in [9.17, 15) is 4.79 Å². The fourth-order valence-corrected chi connectivity index (χ4v) is 2.36. The highest BCUT2D eigenvalue weighted by Gasteiger charge is 2.39. The van der Waals surface area contributed by atoms with E-state index in [1.54, 1.807) is 25.3 Å². The highest BCUT2D eigenvalue weighted by Crippen LogP contribution is 2.40. The second kappa shape index (κ2) is 5.25. The molecule has 0 aliphatic heterocycles. The first-order valence-electron chi connectivity index (χ1n) is 6.25. The van der Waals surface area contributed by atoms with Crippen molar-refractivity contribution in [2.24, 2.45) is 5.73 Å². The van der Waals surface area contributed by atoms with Gasteiger partial charge in [-0.1, -0.05) is 20.8 Å². The van der Waals surface area contributed by atoms with E-state index in [1.165, 1.54) is 0 Å². The number of amides is 1. The Morgan fingerprint density at radius 2 is 1.79 bits per heavy atom. The molecular weight excluding hydrogens is 258 g/mol. The monoisotopic (exact) mass is 281 g/mol. The largest absolute Gasteiger partial charge is 0.541 e. The van der Waals surface area contributed by atoms with Crippen molar-refractivity contribution in [2.45, 2.75) is 38.9 Å². The van der Waals surface area contributed by atoms with Crippen molar-refractivity contribution < 1.29 is 14.0 Å². The molecule has 1 aromatic rings. The molecular formula is C14H23NO3Si. The minimum Gasteiger partial charge on any atom is -0.541 e. The van der Waals surface area contributed by atoms with Gasteiger partial charge in [0.05, 0.1) is 7.11 Å². The van der Waals surface area contributed by atoms with E-state index in [4.69, 9.17) is 14.9 Å². The van der Waals surface area contributed by atoms with Crippen LogP contribution in [0.25, 0.3) is 0 Å². The average Bonchev–Trinajstić information content (AvgIpc) is 2.27. The SMILES string of the molecule is COc1cc(C(N)=O)ccc1O[Si](C)(C)C(C)(C)C. The number of ether oxygens (including phenoxy) is 1. The molecule has 0 aromatic heterocycles. The fourth-order valence-electron chi connectivity index (χ4n) is 1.33. The molecule has 0 saturated heterocycles. The predicted molar refractivity (Wildman–Crippen MR) is 79.3 cm³/mol. The molecule has 19 heavy (non-hydrogen) atoms. The van der Waals surface area contributed by atoms with Gasteiger partial charge in [0.15, 0.2) is 5.75 Å². The number of rotatable bonds is 4. The minimum absolute atomic E-state index is 0.0976.